The molecule has 3 aliphatic rings. The van der Waals surface area contributed by atoms with Crippen LogP contribution < -0.4 is 10.6 Å². The average molecular weight is 449 g/mol. The van der Waals surface area contributed by atoms with Crippen molar-refractivity contribution in [3.05, 3.63) is 0 Å². The van der Waals surface area contributed by atoms with E-state index in [2.05, 4.69) is 32.5 Å². The van der Waals surface area contributed by atoms with Gasteiger partial charge in [0.05, 0.1) is 0 Å². The molecule has 0 radical (unpaired) electrons. The van der Waals surface area contributed by atoms with Gasteiger partial charge in [0.15, 0.2) is 5.96 Å². The maximum absolute atomic E-state index is 4.43. The molecule has 2 heterocycles. The zero-order valence-electron chi connectivity index (χ0n) is 15.5. The van der Waals surface area contributed by atoms with E-state index in [1.807, 2.05) is 7.05 Å². The minimum Gasteiger partial charge on any atom is -0.356 e. The SMILES string of the molecule is CN=C(NCC1CC1)NCC1(N2CCCCC2)CCN(C)CC1.I. The Hall–Kier alpha value is -0.0800. The van der Waals surface area contributed by atoms with Crippen LogP contribution in [0.2, 0.25) is 0 Å². The zero-order chi connectivity index (χ0) is 16.1. The Morgan fingerprint density at radius 1 is 1.04 bits per heavy atom. The summed E-state index contributed by atoms with van der Waals surface area (Å²) in [4.78, 5) is 9.69. The predicted octanol–water partition coefficient (Wildman–Crippen LogP) is 2.13. The van der Waals surface area contributed by atoms with E-state index >= 15 is 0 Å². The van der Waals surface area contributed by atoms with Crippen molar-refractivity contribution in [2.45, 2.75) is 50.5 Å². The number of hydrogen-bond donors (Lipinski definition) is 2. The maximum atomic E-state index is 4.43. The molecule has 0 bridgehead atoms. The van der Waals surface area contributed by atoms with E-state index in [1.54, 1.807) is 0 Å². The number of guanidine groups is 1. The van der Waals surface area contributed by atoms with Gasteiger partial charge in [0.1, 0.15) is 0 Å². The van der Waals surface area contributed by atoms with Crippen LogP contribution in [-0.2, 0) is 0 Å². The second kappa shape index (κ2) is 9.57. The third kappa shape index (κ3) is 5.46. The summed E-state index contributed by atoms with van der Waals surface area (Å²) in [5.41, 5.74) is 0.324. The van der Waals surface area contributed by atoms with E-state index in [-0.39, 0.29) is 24.0 Å². The number of nitrogens with one attached hydrogen (secondary N) is 2. The van der Waals surface area contributed by atoms with E-state index < -0.39 is 0 Å². The summed E-state index contributed by atoms with van der Waals surface area (Å²) >= 11 is 0. The molecule has 0 atom stereocenters. The van der Waals surface area contributed by atoms with E-state index in [9.17, 15) is 0 Å². The largest absolute Gasteiger partial charge is 0.356 e. The summed E-state index contributed by atoms with van der Waals surface area (Å²) in [5.74, 6) is 1.88. The number of rotatable bonds is 5. The van der Waals surface area contributed by atoms with Crippen molar-refractivity contribution in [2.75, 3.05) is 53.4 Å². The first-order valence-corrected chi connectivity index (χ1v) is 9.60. The van der Waals surface area contributed by atoms with Crippen LogP contribution >= 0.6 is 24.0 Å². The monoisotopic (exact) mass is 449 g/mol. The van der Waals surface area contributed by atoms with Gasteiger partial charge >= 0.3 is 0 Å². The van der Waals surface area contributed by atoms with Gasteiger partial charge in [0, 0.05) is 25.7 Å². The lowest BCUT2D eigenvalue weighted by atomic mass is 9.84. The first-order chi connectivity index (χ1) is 11.2. The molecular weight excluding hydrogens is 413 g/mol. The van der Waals surface area contributed by atoms with Gasteiger partial charge in [-0.05, 0) is 77.7 Å². The molecule has 5 nitrogen and oxygen atoms in total. The second-order valence-electron chi connectivity index (χ2n) is 7.83. The molecule has 0 aromatic carbocycles. The van der Waals surface area contributed by atoms with Crippen molar-refractivity contribution in [2.24, 2.45) is 10.9 Å². The van der Waals surface area contributed by atoms with Crippen LogP contribution in [-0.4, -0.2) is 74.7 Å². The van der Waals surface area contributed by atoms with Crippen LogP contribution in [0.3, 0.4) is 0 Å². The fourth-order valence-corrected chi connectivity index (χ4v) is 4.04. The van der Waals surface area contributed by atoms with Crippen molar-refractivity contribution in [1.82, 2.24) is 20.4 Å². The Bertz CT molecular complexity index is 396. The number of aliphatic imine (C=N–C) groups is 1. The van der Waals surface area contributed by atoms with Crippen molar-refractivity contribution >= 4 is 29.9 Å². The van der Waals surface area contributed by atoms with Crippen molar-refractivity contribution in [1.29, 1.82) is 0 Å². The van der Waals surface area contributed by atoms with E-state index in [1.165, 1.54) is 71.1 Å². The first-order valence-electron chi connectivity index (χ1n) is 9.60. The second-order valence-corrected chi connectivity index (χ2v) is 7.83. The molecule has 6 heteroatoms. The molecule has 3 fully saturated rings. The minimum atomic E-state index is 0. The fourth-order valence-electron chi connectivity index (χ4n) is 4.04. The Balaban J connectivity index is 0.00000208. The molecule has 140 valence electrons. The molecular formula is C18H36IN5. The zero-order valence-corrected chi connectivity index (χ0v) is 17.8. The molecule has 2 aliphatic heterocycles. The highest BCUT2D eigenvalue weighted by molar-refractivity contribution is 14.0. The third-order valence-electron chi connectivity index (χ3n) is 6.01. The van der Waals surface area contributed by atoms with Crippen LogP contribution in [0.15, 0.2) is 4.99 Å². The van der Waals surface area contributed by atoms with Crippen LogP contribution in [0.25, 0.3) is 0 Å². The number of hydrogen-bond acceptors (Lipinski definition) is 3. The van der Waals surface area contributed by atoms with Gasteiger partial charge in [-0.2, -0.15) is 0 Å². The molecule has 0 unspecified atom stereocenters. The molecule has 2 saturated heterocycles. The fraction of sp³-hybridized carbons (Fsp3) is 0.944. The quantitative estimate of drug-likeness (QED) is 0.384. The lowest BCUT2D eigenvalue weighted by Gasteiger charge is -2.50. The minimum absolute atomic E-state index is 0. The molecule has 0 aromatic rings. The molecule has 0 spiro atoms. The number of nitrogens with zero attached hydrogens (tertiary/aromatic N) is 3. The van der Waals surface area contributed by atoms with Gasteiger partial charge in [0.25, 0.3) is 0 Å². The highest BCUT2D eigenvalue weighted by atomic mass is 127. The molecule has 1 saturated carbocycles. The molecule has 2 N–H and O–H groups in total. The molecule has 24 heavy (non-hydrogen) atoms. The lowest BCUT2D eigenvalue weighted by molar-refractivity contribution is 0.0173. The highest BCUT2D eigenvalue weighted by Crippen LogP contribution is 2.31. The number of piperidine rings is 2. The first kappa shape index (κ1) is 20.2. The van der Waals surface area contributed by atoms with Crippen molar-refractivity contribution < 1.29 is 0 Å². The number of halogens is 1. The Morgan fingerprint density at radius 3 is 2.29 bits per heavy atom. The van der Waals surface area contributed by atoms with E-state index in [0.717, 1.165) is 25.0 Å². The van der Waals surface area contributed by atoms with Gasteiger partial charge in [-0.3, -0.25) is 9.89 Å². The maximum Gasteiger partial charge on any atom is 0.191 e. The van der Waals surface area contributed by atoms with Gasteiger partial charge in [-0.25, -0.2) is 0 Å². The van der Waals surface area contributed by atoms with Gasteiger partial charge in [-0.15, -0.1) is 24.0 Å². The number of likely N-dealkylation sites (tertiary alicyclic amines) is 2. The smallest absolute Gasteiger partial charge is 0.191 e. The molecule has 0 aromatic heterocycles. The summed E-state index contributed by atoms with van der Waals surface area (Å²) in [6.45, 7) is 7.10. The Kier molecular flexibility index (Phi) is 8.07. The average Bonchev–Trinajstić information content (AvgIpc) is 3.42. The van der Waals surface area contributed by atoms with Crippen LogP contribution in [0, 0.1) is 5.92 Å². The van der Waals surface area contributed by atoms with E-state index in [4.69, 9.17) is 0 Å². The van der Waals surface area contributed by atoms with Crippen LogP contribution in [0.4, 0.5) is 0 Å². The Morgan fingerprint density at radius 2 is 1.71 bits per heavy atom. The topological polar surface area (TPSA) is 42.9 Å². The highest BCUT2D eigenvalue weighted by Gasteiger charge is 2.39. The molecule has 3 rings (SSSR count). The Labute approximate surface area is 165 Å². The third-order valence-corrected chi connectivity index (χ3v) is 6.01. The van der Waals surface area contributed by atoms with Crippen LogP contribution in [0.5, 0.6) is 0 Å². The standard InChI is InChI=1S/C18H35N5.HI/c1-19-17(20-14-16-6-7-16)21-15-18(8-12-22(2)13-9-18)23-10-4-3-5-11-23;/h16H,3-15H2,1-2H3,(H2,19,20,21);1H. The summed E-state index contributed by atoms with van der Waals surface area (Å²) in [6, 6.07) is 0. The molecule has 0 amide bonds. The van der Waals surface area contributed by atoms with Crippen molar-refractivity contribution in [3.8, 4) is 0 Å². The van der Waals surface area contributed by atoms with Crippen molar-refractivity contribution in [3.63, 3.8) is 0 Å². The summed E-state index contributed by atoms with van der Waals surface area (Å²) in [5, 5.41) is 7.16. The summed E-state index contributed by atoms with van der Waals surface area (Å²) < 4.78 is 0. The van der Waals surface area contributed by atoms with E-state index in [0.29, 0.717) is 5.54 Å². The van der Waals surface area contributed by atoms with Gasteiger partial charge in [-0.1, -0.05) is 6.42 Å². The van der Waals surface area contributed by atoms with Gasteiger partial charge < -0.3 is 15.5 Å². The normalized spacial score (nSPS) is 25.8. The predicted molar refractivity (Wildman–Crippen MR) is 112 cm³/mol. The lowest BCUT2D eigenvalue weighted by Crippen LogP contribution is -2.62. The van der Waals surface area contributed by atoms with Gasteiger partial charge in [0.2, 0.25) is 0 Å². The van der Waals surface area contributed by atoms with Crippen LogP contribution in [0.1, 0.15) is 44.9 Å². The summed E-state index contributed by atoms with van der Waals surface area (Å²) in [7, 11) is 4.15. The molecule has 1 aliphatic carbocycles. The summed E-state index contributed by atoms with van der Waals surface area (Å²) in [6.07, 6.45) is 9.46.